The highest BCUT2D eigenvalue weighted by molar-refractivity contribution is 7.10. The van der Waals surface area contributed by atoms with Crippen molar-refractivity contribution in [1.82, 2.24) is 5.32 Å². The molecule has 9 heavy (non-hydrogen) atoms. The lowest BCUT2D eigenvalue weighted by Crippen LogP contribution is -2.03. The SMILES string of the molecule is CNCc1csc(C)c1. The third-order valence-electron chi connectivity index (χ3n) is 1.17. The van der Waals surface area contributed by atoms with Gasteiger partial charge in [-0.25, -0.2) is 0 Å². The smallest absolute Gasteiger partial charge is 0.0210 e. The topological polar surface area (TPSA) is 12.0 Å². The van der Waals surface area contributed by atoms with Crippen molar-refractivity contribution in [3.8, 4) is 0 Å². The van der Waals surface area contributed by atoms with Crippen molar-refractivity contribution in [3.05, 3.63) is 21.9 Å². The molecule has 1 nitrogen and oxygen atoms in total. The summed E-state index contributed by atoms with van der Waals surface area (Å²) in [5, 5.41) is 5.29. The molecule has 0 atom stereocenters. The predicted molar refractivity (Wildman–Crippen MR) is 41.8 cm³/mol. The van der Waals surface area contributed by atoms with E-state index in [2.05, 4.69) is 23.7 Å². The molecule has 0 spiro atoms. The predicted octanol–water partition coefficient (Wildman–Crippen LogP) is 1.78. The summed E-state index contributed by atoms with van der Waals surface area (Å²) in [5.74, 6) is 0. The minimum Gasteiger partial charge on any atom is -0.316 e. The van der Waals surface area contributed by atoms with Gasteiger partial charge in [0, 0.05) is 11.4 Å². The van der Waals surface area contributed by atoms with Crippen LogP contribution in [0.2, 0.25) is 0 Å². The number of thiophene rings is 1. The molecular weight excluding hydrogens is 130 g/mol. The quantitative estimate of drug-likeness (QED) is 0.662. The Morgan fingerprint density at radius 1 is 1.67 bits per heavy atom. The molecule has 1 aromatic heterocycles. The zero-order valence-electron chi connectivity index (χ0n) is 5.77. The number of hydrogen-bond acceptors (Lipinski definition) is 2. The minimum atomic E-state index is 0.990. The second-order valence-corrected chi connectivity index (χ2v) is 3.21. The molecule has 0 saturated carbocycles. The molecule has 0 aromatic carbocycles. The first-order valence-electron chi connectivity index (χ1n) is 3.01. The molecule has 0 unspecified atom stereocenters. The molecule has 1 rings (SSSR count). The second-order valence-electron chi connectivity index (χ2n) is 2.10. The van der Waals surface area contributed by atoms with Crippen LogP contribution in [0.3, 0.4) is 0 Å². The van der Waals surface area contributed by atoms with Gasteiger partial charge in [0.05, 0.1) is 0 Å². The van der Waals surface area contributed by atoms with Gasteiger partial charge >= 0.3 is 0 Å². The first-order chi connectivity index (χ1) is 4.33. The lowest BCUT2D eigenvalue weighted by Gasteiger charge is -1.90. The Labute approximate surface area is 59.7 Å². The third-order valence-corrected chi connectivity index (χ3v) is 2.08. The van der Waals surface area contributed by atoms with E-state index in [9.17, 15) is 0 Å². The molecule has 2 heteroatoms. The monoisotopic (exact) mass is 141 g/mol. The number of hydrogen-bond donors (Lipinski definition) is 1. The fraction of sp³-hybridized carbons (Fsp3) is 0.429. The molecule has 0 aliphatic heterocycles. The van der Waals surface area contributed by atoms with Crippen molar-refractivity contribution in [3.63, 3.8) is 0 Å². The first kappa shape index (κ1) is 6.78. The summed E-state index contributed by atoms with van der Waals surface area (Å²) in [5.41, 5.74) is 1.39. The van der Waals surface area contributed by atoms with E-state index in [1.807, 2.05) is 7.05 Å². The van der Waals surface area contributed by atoms with E-state index in [0.717, 1.165) is 6.54 Å². The Morgan fingerprint density at radius 3 is 2.89 bits per heavy atom. The highest BCUT2D eigenvalue weighted by Crippen LogP contribution is 2.11. The fourth-order valence-electron chi connectivity index (χ4n) is 0.795. The Kier molecular flexibility index (Phi) is 2.25. The van der Waals surface area contributed by atoms with Crippen LogP contribution in [0.4, 0.5) is 0 Å². The van der Waals surface area contributed by atoms with E-state index < -0.39 is 0 Å². The number of nitrogens with one attached hydrogen (secondary N) is 1. The largest absolute Gasteiger partial charge is 0.316 e. The Morgan fingerprint density at radius 2 is 2.44 bits per heavy atom. The van der Waals surface area contributed by atoms with Crippen molar-refractivity contribution < 1.29 is 0 Å². The average Bonchev–Trinajstić information content (AvgIpc) is 2.17. The maximum atomic E-state index is 3.10. The molecule has 0 amide bonds. The van der Waals surface area contributed by atoms with Crippen molar-refractivity contribution in [2.24, 2.45) is 0 Å². The number of aryl methyl sites for hydroxylation is 1. The van der Waals surface area contributed by atoms with Gasteiger partial charge in [0.15, 0.2) is 0 Å². The van der Waals surface area contributed by atoms with Crippen LogP contribution in [0.15, 0.2) is 11.4 Å². The van der Waals surface area contributed by atoms with Crippen molar-refractivity contribution >= 4 is 11.3 Å². The van der Waals surface area contributed by atoms with Gasteiger partial charge in [-0.05, 0) is 31.0 Å². The maximum Gasteiger partial charge on any atom is 0.0210 e. The van der Waals surface area contributed by atoms with Crippen LogP contribution in [0.1, 0.15) is 10.4 Å². The minimum absolute atomic E-state index is 0.990. The van der Waals surface area contributed by atoms with Gasteiger partial charge in [0.2, 0.25) is 0 Å². The highest BCUT2D eigenvalue weighted by atomic mass is 32.1. The fourth-order valence-corrected chi connectivity index (χ4v) is 1.50. The molecule has 0 aliphatic rings. The molecule has 0 aliphatic carbocycles. The normalized spacial score (nSPS) is 10.0. The van der Waals surface area contributed by atoms with Crippen LogP contribution in [0.25, 0.3) is 0 Å². The van der Waals surface area contributed by atoms with Gasteiger partial charge in [-0.15, -0.1) is 11.3 Å². The van der Waals surface area contributed by atoms with E-state index in [1.165, 1.54) is 10.4 Å². The summed E-state index contributed by atoms with van der Waals surface area (Å²) in [6.45, 7) is 3.12. The molecule has 1 N–H and O–H groups in total. The zero-order chi connectivity index (χ0) is 6.69. The first-order valence-corrected chi connectivity index (χ1v) is 3.89. The number of rotatable bonds is 2. The van der Waals surface area contributed by atoms with Gasteiger partial charge < -0.3 is 5.32 Å². The van der Waals surface area contributed by atoms with Crippen LogP contribution in [-0.2, 0) is 6.54 Å². The molecular formula is C7H11NS. The van der Waals surface area contributed by atoms with Crippen LogP contribution < -0.4 is 5.32 Å². The molecule has 1 aromatic rings. The van der Waals surface area contributed by atoms with Gasteiger partial charge in [-0.2, -0.15) is 0 Å². The van der Waals surface area contributed by atoms with Crippen LogP contribution >= 0.6 is 11.3 Å². The molecule has 0 saturated heterocycles. The van der Waals surface area contributed by atoms with Gasteiger partial charge in [0.25, 0.3) is 0 Å². The lowest BCUT2D eigenvalue weighted by atomic mass is 10.3. The Bertz CT molecular complexity index is 181. The Hall–Kier alpha value is -0.340. The van der Waals surface area contributed by atoms with Crippen LogP contribution in [0.5, 0.6) is 0 Å². The van der Waals surface area contributed by atoms with E-state index in [1.54, 1.807) is 11.3 Å². The van der Waals surface area contributed by atoms with E-state index in [-0.39, 0.29) is 0 Å². The van der Waals surface area contributed by atoms with Crippen LogP contribution in [0, 0.1) is 6.92 Å². The van der Waals surface area contributed by atoms with Gasteiger partial charge in [-0.1, -0.05) is 0 Å². The standard InChI is InChI=1S/C7H11NS/c1-6-3-7(4-8-2)5-9-6/h3,5,8H,4H2,1-2H3. The van der Waals surface area contributed by atoms with E-state index in [4.69, 9.17) is 0 Å². The molecule has 0 radical (unpaired) electrons. The lowest BCUT2D eigenvalue weighted by molar-refractivity contribution is 0.821. The van der Waals surface area contributed by atoms with E-state index >= 15 is 0 Å². The van der Waals surface area contributed by atoms with Crippen LogP contribution in [-0.4, -0.2) is 7.05 Å². The zero-order valence-corrected chi connectivity index (χ0v) is 6.59. The van der Waals surface area contributed by atoms with Crippen molar-refractivity contribution in [1.29, 1.82) is 0 Å². The summed E-state index contributed by atoms with van der Waals surface area (Å²) < 4.78 is 0. The van der Waals surface area contributed by atoms with E-state index in [0.29, 0.717) is 0 Å². The summed E-state index contributed by atoms with van der Waals surface area (Å²) in [6, 6.07) is 2.21. The summed E-state index contributed by atoms with van der Waals surface area (Å²) in [4.78, 5) is 1.39. The summed E-state index contributed by atoms with van der Waals surface area (Å²) in [7, 11) is 1.97. The summed E-state index contributed by atoms with van der Waals surface area (Å²) >= 11 is 1.80. The summed E-state index contributed by atoms with van der Waals surface area (Å²) in [6.07, 6.45) is 0. The molecule has 0 fully saturated rings. The third kappa shape index (κ3) is 1.80. The molecule has 50 valence electrons. The second kappa shape index (κ2) is 2.99. The molecule has 0 bridgehead atoms. The van der Waals surface area contributed by atoms with Crippen molar-refractivity contribution in [2.75, 3.05) is 7.05 Å². The van der Waals surface area contributed by atoms with Gasteiger partial charge in [0.1, 0.15) is 0 Å². The highest BCUT2D eigenvalue weighted by Gasteiger charge is 1.91. The van der Waals surface area contributed by atoms with Crippen molar-refractivity contribution in [2.45, 2.75) is 13.5 Å². The Balaban J connectivity index is 2.61. The van der Waals surface area contributed by atoms with Gasteiger partial charge in [-0.3, -0.25) is 0 Å². The average molecular weight is 141 g/mol. The maximum absolute atomic E-state index is 3.10. The molecule has 1 heterocycles.